The van der Waals surface area contributed by atoms with Gasteiger partial charge in [0.05, 0.1) is 25.3 Å². The molecule has 84 valence electrons. The monoisotopic (exact) mass is 282 g/mol. The first-order chi connectivity index (χ1) is 7.65. The minimum Gasteiger partial charge on any atom is -0.477 e. The number of benzene rings is 1. The lowest BCUT2D eigenvalue weighted by atomic mass is 10.2. The van der Waals surface area contributed by atoms with Crippen LogP contribution in [0.3, 0.4) is 0 Å². The molecule has 0 saturated carbocycles. The summed E-state index contributed by atoms with van der Waals surface area (Å²) < 4.78 is 11.2. The van der Waals surface area contributed by atoms with E-state index in [0.717, 1.165) is 21.1 Å². The van der Waals surface area contributed by atoms with E-state index >= 15 is 0 Å². The lowest BCUT2D eigenvalue weighted by molar-refractivity contribution is 0.334. The van der Waals surface area contributed by atoms with Crippen molar-refractivity contribution in [3.63, 3.8) is 0 Å². The third-order valence-electron chi connectivity index (χ3n) is 2.25. The van der Waals surface area contributed by atoms with Gasteiger partial charge in [0.1, 0.15) is 0 Å². The van der Waals surface area contributed by atoms with Crippen LogP contribution in [0.15, 0.2) is 16.6 Å². The molecule has 1 heterocycles. The summed E-state index contributed by atoms with van der Waals surface area (Å²) in [4.78, 5) is 8.72. The summed E-state index contributed by atoms with van der Waals surface area (Å²) in [5.74, 6) is 0.799. The molecule has 1 aromatic carbocycles. The Hall–Kier alpha value is -1.36. The standard InChI is InChI=1S/C11H11BrN2O2/c1-6-4-7(12)5-8-9(6)14-11(16-3)10(13-8)15-2/h4-5H,1-3H3. The van der Waals surface area contributed by atoms with Crippen molar-refractivity contribution in [3.05, 3.63) is 22.2 Å². The van der Waals surface area contributed by atoms with E-state index in [2.05, 4.69) is 25.9 Å². The third-order valence-corrected chi connectivity index (χ3v) is 2.71. The summed E-state index contributed by atoms with van der Waals surface area (Å²) in [5, 5.41) is 0. The lowest BCUT2D eigenvalue weighted by Crippen LogP contribution is -1.98. The molecule has 5 heteroatoms. The predicted molar refractivity (Wildman–Crippen MR) is 65.1 cm³/mol. The fourth-order valence-electron chi connectivity index (χ4n) is 1.52. The quantitative estimate of drug-likeness (QED) is 0.850. The normalized spacial score (nSPS) is 10.5. The van der Waals surface area contributed by atoms with Crippen LogP contribution >= 0.6 is 15.9 Å². The van der Waals surface area contributed by atoms with Gasteiger partial charge in [0.25, 0.3) is 11.8 Å². The topological polar surface area (TPSA) is 44.2 Å². The summed E-state index contributed by atoms with van der Waals surface area (Å²) in [6, 6.07) is 3.89. The molecule has 2 rings (SSSR count). The van der Waals surface area contributed by atoms with Gasteiger partial charge in [0.15, 0.2) is 0 Å². The number of nitrogens with zero attached hydrogens (tertiary/aromatic N) is 2. The van der Waals surface area contributed by atoms with Crippen LogP contribution in [-0.4, -0.2) is 24.2 Å². The smallest absolute Gasteiger partial charge is 0.278 e. The van der Waals surface area contributed by atoms with Crippen LogP contribution in [0.4, 0.5) is 0 Å². The summed E-state index contributed by atoms with van der Waals surface area (Å²) in [5.41, 5.74) is 2.64. The highest BCUT2D eigenvalue weighted by molar-refractivity contribution is 9.10. The molecule has 16 heavy (non-hydrogen) atoms. The van der Waals surface area contributed by atoms with Gasteiger partial charge in [0, 0.05) is 4.47 Å². The van der Waals surface area contributed by atoms with Gasteiger partial charge >= 0.3 is 0 Å². The van der Waals surface area contributed by atoms with Crippen molar-refractivity contribution in [1.29, 1.82) is 0 Å². The molecule has 0 saturated heterocycles. The van der Waals surface area contributed by atoms with E-state index in [9.17, 15) is 0 Å². The van der Waals surface area contributed by atoms with E-state index in [1.165, 1.54) is 0 Å². The van der Waals surface area contributed by atoms with Crippen molar-refractivity contribution in [3.8, 4) is 11.8 Å². The molecule has 1 aromatic heterocycles. The van der Waals surface area contributed by atoms with Gasteiger partial charge in [0.2, 0.25) is 0 Å². The van der Waals surface area contributed by atoms with Crippen LogP contribution in [0.5, 0.6) is 11.8 Å². The highest BCUT2D eigenvalue weighted by Crippen LogP contribution is 2.28. The molecular weight excluding hydrogens is 272 g/mol. The number of methoxy groups -OCH3 is 2. The Balaban J connectivity index is 2.78. The number of rotatable bonds is 2. The fourth-order valence-corrected chi connectivity index (χ4v) is 2.08. The second-order valence-electron chi connectivity index (χ2n) is 3.33. The maximum Gasteiger partial charge on any atom is 0.278 e. The molecule has 2 aromatic rings. The molecule has 0 spiro atoms. The Bertz CT molecular complexity index is 543. The largest absolute Gasteiger partial charge is 0.477 e. The van der Waals surface area contributed by atoms with Crippen LogP contribution in [-0.2, 0) is 0 Å². The SMILES string of the molecule is COc1nc2cc(Br)cc(C)c2nc1OC. The maximum absolute atomic E-state index is 5.12. The van der Waals surface area contributed by atoms with Crippen molar-refractivity contribution < 1.29 is 9.47 Å². The second-order valence-corrected chi connectivity index (χ2v) is 4.25. The van der Waals surface area contributed by atoms with E-state index in [1.807, 2.05) is 19.1 Å². The van der Waals surface area contributed by atoms with Crippen molar-refractivity contribution in [2.75, 3.05) is 14.2 Å². The number of ether oxygens (including phenoxy) is 2. The van der Waals surface area contributed by atoms with Crippen molar-refractivity contribution in [2.24, 2.45) is 0 Å². The minimum absolute atomic E-state index is 0.396. The van der Waals surface area contributed by atoms with Crippen LogP contribution < -0.4 is 9.47 Å². The number of hydrogen-bond donors (Lipinski definition) is 0. The average Bonchev–Trinajstić information content (AvgIpc) is 2.27. The number of halogens is 1. The van der Waals surface area contributed by atoms with E-state index < -0.39 is 0 Å². The Kier molecular flexibility index (Phi) is 2.96. The molecule has 0 aliphatic heterocycles. The van der Waals surface area contributed by atoms with Gasteiger partial charge in [-0.25, -0.2) is 9.97 Å². The number of fused-ring (bicyclic) bond motifs is 1. The minimum atomic E-state index is 0.396. The van der Waals surface area contributed by atoms with E-state index in [0.29, 0.717) is 11.8 Å². The highest BCUT2D eigenvalue weighted by Gasteiger charge is 2.11. The summed E-state index contributed by atoms with van der Waals surface area (Å²) in [7, 11) is 3.09. The molecule has 0 amide bonds. The van der Waals surface area contributed by atoms with Gasteiger partial charge in [-0.2, -0.15) is 0 Å². The summed E-state index contributed by atoms with van der Waals surface area (Å²) in [6.07, 6.45) is 0. The number of aryl methyl sites for hydroxylation is 1. The Morgan fingerprint density at radius 2 is 1.69 bits per heavy atom. The van der Waals surface area contributed by atoms with Gasteiger partial charge < -0.3 is 9.47 Å². The maximum atomic E-state index is 5.12. The van der Waals surface area contributed by atoms with Crippen molar-refractivity contribution >= 4 is 27.0 Å². The second kappa shape index (κ2) is 4.25. The Labute approximate surface area is 102 Å². The van der Waals surface area contributed by atoms with E-state index in [-0.39, 0.29) is 0 Å². The zero-order chi connectivity index (χ0) is 11.7. The van der Waals surface area contributed by atoms with Gasteiger partial charge in [-0.15, -0.1) is 0 Å². The van der Waals surface area contributed by atoms with Crippen LogP contribution in [0.1, 0.15) is 5.56 Å². The van der Waals surface area contributed by atoms with Crippen LogP contribution in [0, 0.1) is 6.92 Å². The number of hydrogen-bond acceptors (Lipinski definition) is 4. The van der Waals surface area contributed by atoms with E-state index in [4.69, 9.17) is 9.47 Å². The Morgan fingerprint density at radius 1 is 1.06 bits per heavy atom. The van der Waals surface area contributed by atoms with Crippen molar-refractivity contribution in [2.45, 2.75) is 6.92 Å². The molecular formula is C11H11BrN2O2. The summed E-state index contributed by atoms with van der Waals surface area (Å²) in [6.45, 7) is 1.98. The van der Waals surface area contributed by atoms with Crippen LogP contribution in [0.25, 0.3) is 11.0 Å². The van der Waals surface area contributed by atoms with Gasteiger partial charge in [-0.3, -0.25) is 0 Å². The molecule has 0 unspecified atom stereocenters. The molecule has 0 N–H and O–H groups in total. The Morgan fingerprint density at radius 3 is 2.31 bits per heavy atom. The third kappa shape index (κ3) is 1.82. The first-order valence-corrected chi connectivity index (χ1v) is 5.51. The average molecular weight is 283 g/mol. The van der Waals surface area contributed by atoms with Gasteiger partial charge in [-0.1, -0.05) is 15.9 Å². The first-order valence-electron chi connectivity index (χ1n) is 4.71. The van der Waals surface area contributed by atoms with Crippen LogP contribution in [0.2, 0.25) is 0 Å². The van der Waals surface area contributed by atoms with E-state index in [1.54, 1.807) is 14.2 Å². The molecule has 0 aliphatic carbocycles. The zero-order valence-corrected chi connectivity index (χ0v) is 10.8. The van der Waals surface area contributed by atoms with Gasteiger partial charge in [-0.05, 0) is 24.6 Å². The predicted octanol–water partition coefficient (Wildman–Crippen LogP) is 2.72. The first kappa shape index (κ1) is 11.1. The summed E-state index contributed by atoms with van der Waals surface area (Å²) >= 11 is 3.43. The fraction of sp³-hybridized carbons (Fsp3) is 0.273. The van der Waals surface area contributed by atoms with Crippen molar-refractivity contribution in [1.82, 2.24) is 9.97 Å². The lowest BCUT2D eigenvalue weighted by Gasteiger charge is -2.08. The molecule has 0 fully saturated rings. The molecule has 0 atom stereocenters. The molecule has 4 nitrogen and oxygen atoms in total. The number of aromatic nitrogens is 2. The molecule has 0 aliphatic rings. The molecule has 0 radical (unpaired) electrons. The zero-order valence-electron chi connectivity index (χ0n) is 9.24. The highest BCUT2D eigenvalue weighted by atomic mass is 79.9. The molecule has 0 bridgehead atoms.